The highest BCUT2D eigenvalue weighted by Gasteiger charge is 2.18. The van der Waals surface area contributed by atoms with Crippen LogP contribution in [-0.2, 0) is 4.79 Å². The number of rotatable bonds is 3. The van der Waals surface area contributed by atoms with Gasteiger partial charge in [0.2, 0.25) is 0 Å². The van der Waals surface area contributed by atoms with Crippen LogP contribution in [0.25, 0.3) is 0 Å². The molecule has 0 atom stereocenters. The minimum absolute atomic E-state index is 0.193. The third-order valence-corrected chi connectivity index (χ3v) is 4.45. The van der Waals surface area contributed by atoms with E-state index in [0.29, 0.717) is 0 Å². The molecule has 22 heavy (non-hydrogen) atoms. The van der Waals surface area contributed by atoms with E-state index in [1.165, 1.54) is 11.1 Å². The van der Waals surface area contributed by atoms with E-state index in [4.69, 9.17) is 6.42 Å². The summed E-state index contributed by atoms with van der Waals surface area (Å²) in [7, 11) is 0. The van der Waals surface area contributed by atoms with E-state index >= 15 is 0 Å². The van der Waals surface area contributed by atoms with Gasteiger partial charge in [0.1, 0.15) is 0 Å². The summed E-state index contributed by atoms with van der Waals surface area (Å²) in [6.45, 7) is 0. The van der Waals surface area contributed by atoms with E-state index in [1.54, 1.807) is 0 Å². The Balaban J connectivity index is 1.75. The molecule has 0 aromatic rings. The van der Waals surface area contributed by atoms with Crippen LogP contribution in [0.1, 0.15) is 38.5 Å². The summed E-state index contributed by atoms with van der Waals surface area (Å²) in [6.07, 6.45) is 25.6. The Morgan fingerprint density at radius 1 is 0.955 bits per heavy atom. The molecule has 0 aliphatic heterocycles. The summed E-state index contributed by atoms with van der Waals surface area (Å²) >= 11 is 0. The largest absolute Gasteiger partial charge is 0.289 e. The third kappa shape index (κ3) is 3.12. The van der Waals surface area contributed by atoms with Crippen LogP contribution in [-0.4, -0.2) is 5.78 Å². The number of hydrogen-bond donors (Lipinski definition) is 0. The third-order valence-electron chi connectivity index (χ3n) is 4.45. The molecule has 0 saturated carbocycles. The fraction of sp³-hybridized carbons (Fsp3) is 0.286. The first-order valence-electron chi connectivity index (χ1n) is 7.96. The molecule has 0 amide bonds. The highest BCUT2D eigenvalue weighted by molar-refractivity contribution is 6.10. The van der Waals surface area contributed by atoms with Crippen molar-refractivity contribution in [1.82, 2.24) is 0 Å². The Bertz CT molecular complexity index is 711. The predicted octanol–water partition coefficient (Wildman–Crippen LogP) is 4.76. The van der Waals surface area contributed by atoms with Gasteiger partial charge >= 0.3 is 0 Å². The first-order valence-corrected chi connectivity index (χ1v) is 7.96. The topological polar surface area (TPSA) is 17.1 Å². The zero-order valence-electron chi connectivity index (χ0n) is 12.8. The highest BCUT2D eigenvalue weighted by atomic mass is 16.1. The van der Waals surface area contributed by atoms with Gasteiger partial charge in [-0.15, -0.1) is 6.42 Å². The van der Waals surface area contributed by atoms with Crippen molar-refractivity contribution in [1.29, 1.82) is 0 Å². The molecule has 0 spiro atoms. The van der Waals surface area contributed by atoms with Crippen molar-refractivity contribution in [2.45, 2.75) is 38.5 Å². The lowest BCUT2D eigenvalue weighted by Gasteiger charge is -2.19. The van der Waals surface area contributed by atoms with Crippen molar-refractivity contribution in [3.8, 4) is 12.3 Å². The number of carbonyl (C=O) groups is 1. The molecule has 0 bridgehead atoms. The van der Waals surface area contributed by atoms with Gasteiger partial charge in [0.05, 0.1) is 0 Å². The van der Waals surface area contributed by atoms with Crippen LogP contribution in [0.4, 0.5) is 0 Å². The lowest BCUT2D eigenvalue weighted by molar-refractivity contribution is -0.112. The summed E-state index contributed by atoms with van der Waals surface area (Å²) in [6, 6.07) is 0. The molecule has 0 aromatic heterocycles. The average Bonchev–Trinajstić information content (AvgIpc) is 2.62. The highest BCUT2D eigenvalue weighted by Crippen LogP contribution is 2.31. The monoisotopic (exact) mass is 288 g/mol. The van der Waals surface area contributed by atoms with Crippen molar-refractivity contribution < 1.29 is 4.79 Å². The number of allylic oxidation sites excluding steroid dienone is 12. The predicted molar refractivity (Wildman–Crippen MR) is 91.1 cm³/mol. The van der Waals surface area contributed by atoms with Crippen molar-refractivity contribution in [3.05, 3.63) is 70.4 Å². The first kappa shape index (κ1) is 14.6. The Morgan fingerprint density at radius 2 is 1.73 bits per heavy atom. The van der Waals surface area contributed by atoms with E-state index in [0.717, 1.165) is 55.2 Å². The molecular weight excluding hydrogens is 268 g/mol. The normalized spacial score (nSPS) is 21.0. The zero-order chi connectivity index (χ0) is 15.4. The molecule has 110 valence electrons. The molecule has 0 unspecified atom stereocenters. The van der Waals surface area contributed by atoms with Gasteiger partial charge < -0.3 is 0 Å². The van der Waals surface area contributed by atoms with Gasteiger partial charge in [-0.05, 0) is 49.7 Å². The van der Waals surface area contributed by atoms with Gasteiger partial charge in [0.15, 0.2) is 5.78 Å². The van der Waals surface area contributed by atoms with Crippen molar-refractivity contribution in [2.24, 2.45) is 0 Å². The molecule has 3 aliphatic carbocycles. The van der Waals surface area contributed by atoms with E-state index in [-0.39, 0.29) is 5.78 Å². The van der Waals surface area contributed by atoms with Crippen LogP contribution in [0.15, 0.2) is 70.4 Å². The van der Waals surface area contributed by atoms with Crippen LogP contribution in [0.2, 0.25) is 0 Å². The minimum atomic E-state index is 0.193. The lowest BCUT2D eigenvalue weighted by atomic mass is 9.85. The summed E-state index contributed by atoms with van der Waals surface area (Å²) in [5.41, 5.74) is 5.56. The molecule has 1 nitrogen and oxygen atoms in total. The zero-order valence-corrected chi connectivity index (χ0v) is 12.8. The molecule has 3 aliphatic rings. The van der Waals surface area contributed by atoms with E-state index in [1.807, 2.05) is 18.2 Å². The van der Waals surface area contributed by atoms with Crippen LogP contribution in [0.3, 0.4) is 0 Å². The van der Waals surface area contributed by atoms with Crippen LogP contribution in [0, 0.1) is 12.3 Å². The molecule has 0 aromatic carbocycles. The van der Waals surface area contributed by atoms with Gasteiger partial charge in [0.25, 0.3) is 0 Å². The maximum absolute atomic E-state index is 12.5. The second-order valence-corrected chi connectivity index (χ2v) is 5.88. The maximum atomic E-state index is 12.5. The van der Waals surface area contributed by atoms with Gasteiger partial charge in [-0.1, -0.05) is 48.5 Å². The summed E-state index contributed by atoms with van der Waals surface area (Å²) in [5.74, 6) is 2.91. The van der Waals surface area contributed by atoms with Gasteiger partial charge in [-0.3, -0.25) is 4.79 Å². The molecule has 0 radical (unpaired) electrons. The molecule has 0 fully saturated rings. The van der Waals surface area contributed by atoms with Gasteiger partial charge in [-0.25, -0.2) is 0 Å². The second kappa shape index (κ2) is 6.62. The van der Waals surface area contributed by atoms with E-state index in [9.17, 15) is 4.79 Å². The molecule has 0 heterocycles. The smallest absolute Gasteiger partial charge is 0.188 e. The standard InChI is InChI=1S/C21H20O/c1-2-16-8-10-17(11-9-16)18-12-14-20(15-13-18)21(22)19-6-4-3-5-7-19/h1,4,6-8,10,12,14H,3,5,9,11,13,15H2. The molecule has 1 heteroatoms. The first-order chi connectivity index (χ1) is 10.8. The lowest BCUT2D eigenvalue weighted by Crippen LogP contribution is -2.09. The Labute approximate surface area is 132 Å². The summed E-state index contributed by atoms with van der Waals surface area (Å²) in [4.78, 5) is 12.5. The quantitative estimate of drug-likeness (QED) is 0.684. The summed E-state index contributed by atoms with van der Waals surface area (Å²) < 4.78 is 0. The number of carbonyl (C=O) groups excluding carboxylic acids is 1. The van der Waals surface area contributed by atoms with Crippen molar-refractivity contribution in [3.63, 3.8) is 0 Å². The number of hydrogen-bond acceptors (Lipinski definition) is 1. The summed E-state index contributed by atoms with van der Waals surface area (Å²) in [5, 5.41) is 0. The fourth-order valence-electron chi connectivity index (χ4n) is 3.09. The Morgan fingerprint density at radius 3 is 2.27 bits per heavy atom. The van der Waals surface area contributed by atoms with Crippen LogP contribution >= 0.6 is 0 Å². The molecule has 3 rings (SSSR count). The number of ketones is 1. The van der Waals surface area contributed by atoms with Crippen LogP contribution < -0.4 is 0 Å². The van der Waals surface area contributed by atoms with Gasteiger partial charge in [-0.2, -0.15) is 0 Å². The van der Waals surface area contributed by atoms with Crippen molar-refractivity contribution in [2.75, 3.05) is 0 Å². The molecule has 0 saturated heterocycles. The number of Topliss-reactive ketones (excluding diaryl/α,β-unsaturated/α-hetero) is 1. The fourth-order valence-corrected chi connectivity index (χ4v) is 3.09. The molecular formula is C21H20O. The average molecular weight is 288 g/mol. The minimum Gasteiger partial charge on any atom is -0.289 e. The Kier molecular flexibility index (Phi) is 4.39. The second-order valence-electron chi connectivity index (χ2n) is 5.88. The Hall–Kier alpha value is -2.33. The van der Waals surface area contributed by atoms with Crippen molar-refractivity contribution >= 4 is 5.78 Å². The van der Waals surface area contributed by atoms with Crippen LogP contribution in [0.5, 0.6) is 0 Å². The molecule has 0 N–H and O–H groups in total. The van der Waals surface area contributed by atoms with Gasteiger partial charge in [0, 0.05) is 16.7 Å². The SMILES string of the molecule is C#CC1=CC=C(C2=CC=C(C(=O)C3=CCCC=C3)CC2)CC1. The van der Waals surface area contributed by atoms with E-state index in [2.05, 4.69) is 30.2 Å². The number of terminal acetylenes is 1. The van der Waals surface area contributed by atoms with E-state index < -0.39 is 0 Å². The maximum Gasteiger partial charge on any atom is 0.188 e.